The summed E-state index contributed by atoms with van der Waals surface area (Å²) < 4.78 is 0. The molecule has 58 valence electrons. The summed E-state index contributed by atoms with van der Waals surface area (Å²) in [4.78, 5) is 0. The first-order chi connectivity index (χ1) is 4.78. The van der Waals surface area contributed by atoms with Gasteiger partial charge in [0.1, 0.15) is 0 Å². The first-order valence-corrected chi connectivity index (χ1v) is 4.78. The second-order valence-electron chi connectivity index (χ2n) is 4.38. The molecule has 2 aliphatic carbocycles. The maximum atomic E-state index is 2.45. The number of rotatable bonds is 1. The molecule has 2 rings (SSSR count). The van der Waals surface area contributed by atoms with E-state index in [-0.39, 0.29) is 0 Å². The van der Waals surface area contributed by atoms with Crippen molar-refractivity contribution < 1.29 is 0 Å². The minimum Gasteiger partial charge on any atom is -0.0648 e. The zero-order valence-corrected chi connectivity index (χ0v) is 7.19. The third-order valence-electron chi connectivity index (χ3n) is 4.23. The molecule has 0 radical (unpaired) electrons. The predicted octanol–water partition coefficient (Wildman–Crippen LogP) is 3.22. The number of hydrogen-bond acceptors (Lipinski definition) is 0. The lowest BCUT2D eigenvalue weighted by Crippen LogP contribution is -2.36. The van der Waals surface area contributed by atoms with Gasteiger partial charge in [-0.2, -0.15) is 0 Å². The van der Waals surface area contributed by atoms with Crippen LogP contribution >= 0.6 is 0 Å². The molecule has 0 spiro atoms. The maximum Gasteiger partial charge on any atom is -0.0269 e. The monoisotopic (exact) mass is 138 g/mol. The molecule has 3 unspecified atom stereocenters. The van der Waals surface area contributed by atoms with E-state index in [0.29, 0.717) is 0 Å². The van der Waals surface area contributed by atoms with Crippen molar-refractivity contribution >= 4 is 0 Å². The summed E-state index contributed by atoms with van der Waals surface area (Å²) in [5.41, 5.74) is 0.847. The number of hydrogen-bond donors (Lipinski definition) is 0. The fraction of sp³-hybridized carbons (Fsp3) is 1.00. The van der Waals surface area contributed by atoms with E-state index in [0.717, 1.165) is 17.3 Å². The third-order valence-corrected chi connectivity index (χ3v) is 4.23. The molecule has 2 aliphatic rings. The zero-order chi connectivity index (χ0) is 7.19. The Balaban J connectivity index is 2.12. The van der Waals surface area contributed by atoms with Crippen LogP contribution in [0.3, 0.4) is 0 Å². The van der Waals surface area contributed by atoms with Gasteiger partial charge in [0.2, 0.25) is 0 Å². The summed E-state index contributed by atoms with van der Waals surface area (Å²) >= 11 is 0. The molecule has 0 heteroatoms. The molecule has 0 amide bonds. The molecule has 0 aromatic rings. The van der Waals surface area contributed by atoms with Gasteiger partial charge in [-0.25, -0.2) is 0 Å². The van der Waals surface area contributed by atoms with Gasteiger partial charge in [0.25, 0.3) is 0 Å². The van der Waals surface area contributed by atoms with E-state index in [4.69, 9.17) is 0 Å². The Labute approximate surface area is 64.0 Å². The molecule has 0 aliphatic heterocycles. The van der Waals surface area contributed by atoms with Gasteiger partial charge in [0.15, 0.2) is 0 Å². The lowest BCUT2D eigenvalue weighted by molar-refractivity contribution is 0.0392. The van der Waals surface area contributed by atoms with E-state index in [2.05, 4.69) is 13.8 Å². The Morgan fingerprint density at radius 3 is 2.30 bits per heavy atom. The molecule has 0 aromatic carbocycles. The van der Waals surface area contributed by atoms with E-state index in [1.165, 1.54) is 25.7 Å². The van der Waals surface area contributed by atoms with Crippen LogP contribution in [0.15, 0.2) is 0 Å². The highest BCUT2D eigenvalue weighted by molar-refractivity contribution is 5.01. The molecule has 2 saturated carbocycles. The summed E-state index contributed by atoms with van der Waals surface area (Å²) in [6, 6.07) is 0. The molecule has 0 nitrogen and oxygen atoms in total. The van der Waals surface area contributed by atoms with Crippen molar-refractivity contribution in [2.75, 3.05) is 0 Å². The van der Waals surface area contributed by atoms with Crippen molar-refractivity contribution in [3.05, 3.63) is 0 Å². The summed E-state index contributed by atoms with van der Waals surface area (Å²) in [5.74, 6) is 2.17. The average Bonchev–Trinajstić information content (AvgIpc) is 2.06. The Kier molecular flexibility index (Phi) is 1.33. The van der Waals surface area contributed by atoms with Gasteiger partial charge < -0.3 is 0 Å². The lowest BCUT2D eigenvalue weighted by atomic mass is 9.59. The Hall–Kier alpha value is 0. The van der Waals surface area contributed by atoms with Gasteiger partial charge in [0, 0.05) is 0 Å². The van der Waals surface area contributed by atoms with Crippen LogP contribution in [0.1, 0.15) is 46.0 Å². The van der Waals surface area contributed by atoms with Crippen LogP contribution in [0.4, 0.5) is 0 Å². The first-order valence-electron chi connectivity index (χ1n) is 4.78. The van der Waals surface area contributed by atoms with Gasteiger partial charge >= 0.3 is 0 Å². The van der Waals surface area contributed by atoms with Gasteiger partial charge in [-0.05, 0) is 42.9 Å². The molecule has 0 bridgehead atoms. The van der Waals surface area contributed by atoms with E-state index >= 15 is 0 Å². The standard InChI is InChI=1S/C10H18/c1-3-10-6-4-8(2)9(10)5-7-10/h8-9H,3-7H2,1-2H3. The van der Waals surface area contributed by atoms with Gasteiger partial charge in [-0.15, -0.1) is 0 Å². The highest BCUT2D eigenvalue weighted by atomic mass is 14.6. The zero-order valence-electron chi connectivity index (χ0n) is 7.19. The molecule has 0 heterocycles. The fourth-order valence-corrected chi connectivity index (χ4v) is 3.25. The van der Waals surface area contributed by atoms with Crippen molar-refractivity contribution in [3.63, 3.8) is 0 Å². The van der Waals surface area contributed by atoms with Crippen LogP contribution in [-0.4, -0.2) is 0 Å². The average molecular weight is 138 g/mol. The summed E-state index contributed by atoms with van der Waals surface area (Å²) in [7, 11) is 0. The smallest absolute Gasteiger partial charge is 0.0269 e. The van der Waals surface area contributed by atoms with Gasteiger partial charge in [-0.3, -0.25) is 0 Å². The SMILES string of the molecule is CCC12CCC(C)C1CC2. The molecule has 2 fully saturated rings. The molecule has 0 saturated heterocycles. The van der Waals surface area contributed by atoms with E-state index in [1.807, 2.05) is 0 Å². The Bertz CT molecular complexity index is 135. The van der Waals surface area contributed by atoms with E-state index < -0.39 is 0 Å². The van der Waals surface area contributed by atoms with Gasteiger partial charge in [-0.1, -0.05) is 20.3 Å². The van der Waals surface area contributed by atoms with E-state index in [9.17, 15) is 0 Å². The minimum absolute atomic E-state index is 0.847. The molecular weight excluding hydrogens is 120 g/mol. The van der Waals surface area contributed by atoms with Crippen LogP contribution in [0, 0.1) is 17.3 Å². The van der Waals surface area contributed by atoms with Crippen LogP contribution < -0.4 is 0 Å². The van der Waals surface area contributed by atoms with Crippen molar-refractivity contribution in [2.45, 2.75) is 46.0 Å². The maximum absolute atomic E-state index is 2.45. The fourth-order valence-electron chi connectivity index (χ4n) is 3.25. The first kappa shape index (κ1) is 6.69. The van der Waals surface area contributed by atoms with Crippen molar-refractivity contribution in [3.8, 4) is 0 Å². The van der Waals surface area contributed by atoms with E-state index in [1.54, 1.807) is 6.42 Å². The second-order valence-corrected chi connectivity index (χ2v) is 4.38. The number of fused-ring (bicyclic) bond motifs is 1. The largest absolute Gasteiger partial charge is 0.0648 e. The predicted molar refractivity (Wildman–Crippen MR) is 43.8 cm³/mol. The molecule has 3 atom stereocenters. The lowest BCUT2D eigenvalue weighted by Gasteiger charge is -2.46. The summed E-state index contributed by atoms with van der Waals surface area (Å²) in [6.45, 7) is 4.82. The summed E-state index contributed by atoms with van der Waals surface area (Å²) in [6.07, 6.45) is 7.57. The van der Waals surface area contributed by atoms with Crippen molar-refractivity contribution in [2.24, 2.45) is 17.3 Å². The highest BCUT2D eigenvalue weighted by Gasteiger charge is 2.51. The van der Waals surface area contributed by atoms with Crippen LogP contribution in [-0.2, 0) is 0 Å². The Morgan fingerprint density at radius 1 is 1.30 bits per heavy atom. The van der Waals surface area contributed by atoms with Crippen LogP contribution in [0.25, 0.3) is 0 Å². The van der Waals surface area contributed by atoms with Crippen molar-refractivity contribution in [1.29, 1.82) is 0 Å². The molecule has 0 N–H and O–H groups in total. The van der Waals surface area contributed by atoms with Crippen LogP contribution in [0.2, 0.25) is 0 Å². The Morgan fingerprint density at radius 2 is 2.00 bits per heavy atom. The van der Waals surface area contributed by atoms with Gasteiger partial charge in [0.05, 0.1) is 0 Å². The third kappa shape index (κ3) is 0.627. The van der Waals surface area contributed by atoms with Crippen LogP contribution in [0.5, 0.6) is 0 Å². The highest BCUT2D eigenvalue weighted by Crippen LogP contribution is 2.61. The molecule has 10 heavy (non-hydrogen) atoms. The summed E-state index contributed by atoms with van der Waals surface area (Å²) in [5, 5.41) is 0. The quantitative estimate of drug-likeness (QED) is 0.522. The normalized spacial score (nSPS) is 52.2. The second kappa shape index (κ2) is 1.99. The minimum atomic E-state index is 0.847. The molecular formula is C10H18. The van der Waals surface area contributed by atoms with Crippen molar-refractivity contribution in [1.82, 2.24) is 0 Å². The molecule has 0 aromatic heterocycles. The topological polar surface area (TPSA) is 0 Å².